The van der Waals surface area contributed by atoms with E-state index in [0.29, 0.717) is 12.7 Å². The van der Waals surface area contributed by atoms with E-state index in [-0.39, 0.29) is 0 Å². The smallest absolute Gasteiger partial charge is 0.191 e. The second kappa shape index (κ2) is 9.37. The summed E-state index contributed by atoms with van der Waals surface area (Å²) in [5.74, 6) is 0.933. The van der Waals surface area contributed by atoms with Gasteiger partial charge in [0.1, 0.15) is 6.33 Å². The molecule has 6 heteroatoms. The highest BCUT2D eigenvalue weighted by Gasteiger charge is 2.12. The van der Waals surface area contributed by atoms with Crippen molar-refractivity contribution in [2.75, 3.05) is 26.1 Å². The molecular formula is C14H25N3O2S. The van der Waals surface area contributed by atoms with E-state index in [1.165, 1.54) is 38.5 Å². The van der Waals surface area contributed by atoms with Crippen molar-refractivity contribution in [1.82, 2.24) is 14.8 Å². The Balaban J connectivity index is 1.63. The van der Waals surface area contributed by atoms with Crippen molar-refractivity contribution in [2.45, 2.75) is 56.3 Å². The maximum absolute atomic E-state index is 5.98. The maximum atomic E-state index is 5.98. The normalized spacial score (nSPS) is 17.2. The molecule has 0 N–H and O–H groups in total. The Labute approximate surface area is 125 Å². The molecule has 5 nitrogen and oxygen atoms in total. The lowest BCUT2D eigenvalue weighted by molar-refractivity contribution is 0.0542. The lowest BCUT2D eigenvalue weighted by Crippen LogP contribution is -2.14. The van der Waals surface area contributed by atoms with E-state index in [1.807, 2.05) is 4.57 Å². The summed E-state index contributed by atoms with van der Waals surface area (Å²) in [6.45, 7) is 2.28. The molecule has 1 aliphatic carbocycles. The van der Waals surface area contributed by atoms with E-state index in [9.17, 15) is 0 Å². The summed E-state index contributed by atoms with van der Waals surface area (Å²) in [5, 5.41) is 9.04. The van der Waals surface area contributed by atoms with Gasteiger partial charge in [-0.1, -0.05) is 37.4 Å². The van der Waals surface area contributed by atoms with E-state index >= 15 is 0 Å². The molecule has 1 aliphatic rings. The van der Waals surface area contributed by atoms with Gasteiger partial charge in [0.15, 0.2) is 5.16 Å². The number of aromatic nitrogens is 3. The summed E-state index contributed by atoms with van der Waals surface area (Å²) in [5.41, 5.74) is 0. The lowest BCUT2D eigenvalue weighted by atomic mass is 10.1. The van der Waals surface area contributed by atoms with Crippen LogP contribution in [0.1, 0.15) is 38.5 Å². The molecule has 1 heterocycles. The van der Waals surface area contributed by atoms with Crippen LogP contribution in [0.2, 0.25) is 0 Å². The topological polar surface area (TPSA) is 49.2 Å². The first kappa shape index (κ1) is 15.8. The third kappa shape index (κ3) is 5.42. The van der Waals surface area contributed by atoms with Crippen molar-refractivity contribution >= 4 is 11.8 Å². The second-order valence-electron chi connectivity index (χ2n) is 5.13. The minimum absolute atomic E-state index is 0.476. The number of hydrogen-bond donors (Lipinski definition) is 0. The monoisotopic (exact) mass is 299 g/mol. The van der Waals surface area contributed by atoms with Gasteiger partial charge >= 0.3 is 0 Å². The zero-order valence-corrected chi connectivity index (χ0v) is 13.1. The minimum atomic E-state index is 0.476. The molecule has 0 saturated heterocycles. The Bertz CT molecular complexity index is 365. The van der Waals surface area contributed by atoms with Crippen molar-refractivity contribution in [1.29, 1.82) is 0 Å². The van der Waals surface area contributed by atoms with Gasteiger partial charge in [-0.2, -0.15) is 0 Å². The largest absolute Gasteiger partial charge is 0.383 e. The van der Waals surface area contributed by atoms with Gasteiger partial charge in [-0.25, -0.2) is 0 Å². The SMILES string of the molecule is COCCn1cnnc1SCCOC1CCCCCC1. The number of rotatable bonds is 8. The lowest BCUT2D eigenvalue weighted by Gasteiger charge is -2.14. The minimum Gasteiger partial charge on any atom is -0.383 e. The highest BCUT2D eigenvalue weighted by Crippen LogP contribution is 2.20. The van der Waals surface area contributed by atoms with Crippen LogP contribution < -0.4 is 0 Å². The van der Waals surface area contributed by atoms with Gasteiger partial charge in [-0.05, 0) is 12.8 Å². The van der Waals surface area contributed by atoms with Crippen LogP contribution in [-0.4, -0.2) is 46.9 Å². The molecular weight excluding hydrogens is 274 g/mol. The zero-order valence-electron chi connectivity index (χ0n) is 12.3. The number of hydrogen-bond acceptors (Lipinski definition) is 5. The molecule has 1 saturated carbocycles. The van der Waals surface area contributed by atoms with E-state index in [2.05, 4.69) is 10.2 Å². The van der Waals surface area contributed by atoms with Crippen LogP contribution in [0.3, 0.4) is 0 Å². The first-order valence-corrected chi connectivity index (χ1v) is 8.50. The summed E-state index contributed by atoms with van der Waals surface area (Å²) in [6.07, 6.45) is 10.1. The molecule has 0 radical (unpaired) electrons. The third-order valence-electron chi connectivity index (χ3n) is 3.59. The van der Waals surface area contributed by atoms with E-state index in [4.69, 9.17) is 9.47 Å². The summed E-state index contributed by atoms with van der Waals surface area (Å²) in [4.78, 5) is 0. The predicted molar refractivity (Wildman–Crippen MR) is 80.1 cm³/mol. The molecule has 0 aliphatic heterocycles. The summed E-state index contributed by atoms with van der Waals surface area (Å²) in [7, 11) is 1.71. The molecule has 0 spiro atoms. The fourth-order valence-corrected chi connectivity index (χ4v) is 3.23. The van der Waals surface area contributed by atoms with Gasteiger partial charge in [0.2, 0.25) is 0 Å². The average molecular weight is 299 g/mol. The molecule has 0 amide bonds. The Morgan fingerprint density at radius 1 is 1.25 bits per heavy atom. The van der Waals surface area contributed by atoms with Crippen molar-refractivity contribution in [3.63, 3.8) is 0 Å². The van der Waals surface area contributed by atoms with Crippen molar-refractivity contribution in [2.24, 2.45) is 0 Å². The molecule has 114 valence electrons. The zero-order chi connectivity index (χ0) is 14.0. The van der Waals surface area contributed by atoms with E-state index < -0.39 is 0 Å². The Morgan fingerprint density at radius 2 is 2.05 bits per heavy atom. The first-order valence-electron chi connectivity index (χ1n) is 7.51. The van der Waals surface area contributed by atoms with Gasteiger partial charge in [0.25, 0.3) is 0 Å². The van der Waals surface area contributed by atoms with Crippen LogP contribution >= 0.6 is 11.8 Å². The number of ether oxygens (including phenoxy) is 2. The molecule has 0 aromatic carbocycles. The van der Waals surface area contributed by atoms with Crippen LogP contribution in [0.15, 0.2) is 11.5 Å². The standard InChI is InChI=1S/C14H25N3O2S/c1-18-9-8-17-12-15-16-14(17)20-11-10-19-13-6-4-2-3-5-7-13/h12-13H,2-11H2,1H3. The van der Waals surface area contributed by atoms with Crippen LogP contribution in [0.25, 0.3) is 0 Å². The molecule has 2 rings (SSSR count). The fourth-order valence-electron chi connectivity index (χ4n) is 2.46. The number of methoxy groups -OCH3 is 1. The highest BCUT2D eigenvalue weighted by atomic mass is 32.2. The number of thioether (sulfide) groups is 1. The average Bonchev–Trinajstić information content (AvgIpc) is 2.74. The number of nitrogens with zero attached hydrogens (tertiary/aromatic N) is 3. The Kier molecular flexibility index (Phi) is 7.39. The molecule has 0 unspecified atom stereocenters. The molecule has 1 fully saturated rings. The van der Waals surface area contributed by atoms with Crippen LogP contribution in [-0.2, 0) is 16.0 Å². The fraction of sp³-hybridized carbons (Fsp3) is 0.857. The van der Waals surface area contributed by atoms with E-state index in [1.54, 1.807) is 25.2 Å². The molecule has 0 atom stereocenters. The van der Waals surface area contributed by atoms with Crippen molar-refractivity contribution in [3.05, 3.63) is 6.33 Å². The van der Waals surface area contributed by atoms with Crippen molar-refractivity contribution in [3.8, 4) is 0 Å². The Morgan fingerprint density at radius 3 is 2.80 bits per heavy atom. The van der Waals surface area contributed by atoms with Gasteiger partial charge in [0.05, 0.1) is 19.3 Å². The molecule has 1 aromatic heterocycles. The van der Waals surface area contributed by atoms with Crippen LogP contribution in [0, 0.1) is 0 Å². The molecule has 0 bridgehead atoms. The quantitative estimate of drug-likeness (QED) is 0.420. The summed E-state index contributed by atoms with van der Waals surface area (Å²) in [6, 6.07) is 0. The third-order valence-corrected chi connectivity index (χ3v) is 4.53. The van der Waals surface area contributed by atoms with Gasteiger partial charge < -0.3 is 14.0 Å². The van der Waals surface area contributed by atoms with Crippen molar-refractivity contribution < 1.29 is 9.47 Å². The predicted octanol–water partition coefficient (Wildman–Crippen LogP) is 2.76. The Hall–Kier alpha value is -0.590. The highest BCUT2D eigenvalue weighted by molar-refractivity contribution is 7.99. The first-order chi connectivity index (χ1) is 9.90. The van der Waals surface area contributed by atoms with Crippen LogP contribution in [0.4, 0.5) is 0 Å². The maximum Gasteiger partial charge on any atom is 0.191 e. The molecule has 20 heavy (non-hydrogen) atoms. The summed E-state index contributed by atoms with van der Waals surface area (Å²) < 4.78 is 13.1. The van der Waals surface area contributed by atoms with Gasteiger partial charge in [-0.3, -0.25) is 0 Å². The van der Waals surface area contributed by atoms with Crippen LogP contribution in [0.5, 0.6) is 0 Å². The molecule has 1 aromatic rings. The van der Waals surface area contributed by atoms with Gasteiger partial charge in [-0.15, -0.1) is 10.2 Å². The summed E-state index contributed by atoms with van der Waals surface area (Å²) >= 11 is 1.71. The second-order valence-corrected chi connectivity index (χ2v) is 6.19. The van der Waals surface area contributed by atoms with Gasteiger partial charge in [0, 0.05) is 19.4 Å². The van der Waals surface area contributed by atoms with E-state index in [0.717, 1.165) is 24.1 Å².